The van der Waals surface area contributed by atoms with Crippen LogP contribution in [0.1, 0.15) is 123 Å². The van der Waals surface area contributed by atoms with E-state index in [-0.39, 0.29) is 29.6 Å². The minimum Gasteiger partial charge on any atom is -0.444 e. The zero-order chi connectivity index (χ0) is 42.3. The molecule has 0 saturated carbocycles. The maximum Gasteiger partial charge on any atom is 0.411 e. The molecule has 4 aromatic rings. The molecule has 1 aliphatic carbocycles. The first-order valence-electron chi connectivity index (χ1n) is 21.0. The zero-order valence-electron chi connectivity index (χ0n) is 36.3. The maximum atomic E-state index is 13.5. The van der Waals surface area contributed by atoms with Gasteiger partial charge >= 0.3 is 12.2 Å². The van der Waals surface area contributed by atoms with Crippen molar-refractivity contribution in [2.45, 2.75) is 123 Å². The Kier molecular flexibility index (Phi) is 11.4. The van der Waals surface area contributed by atoms with Crippen LogP contribution in [0.25, 0.3) is 22.3 Å². The molecule has 0 radical (unpaired) electrons. The number of hydrogen-bond acceptors (Lipinski definition) is 7. The Morgan fingerprint density at radius 2 is 1.66 bits per heavy atom. The first kappa shape index (κ1) is 41.8. The molecule has 2 aromatic carbocycles. The van der Waals surface area contributed by atoms with Crippen molar-refractivity contribution in [1.29, 1.82) is 0 Å². The van der Waals surface area contributed by atoms with E-state index in [1.807, 2.05) is 95.1 Å². The maximum absolute atomic E-state index is 13.5. The van der Waals surface area contributed by atoms with Crippen molar-refractivity contribution < 1.29 is 23.8 Å². The molecule has 4 atom stereocenters. The van der Waals surface area contributed by atoms with Crippen LogP contribution in [0.3, 0.4) is 0 Å². The second-order valence-corrected chi connectivity index (χ2v) is 19.0. The van der Waals surface area contributed by atoms with E-state index < -0.39 is 16.7 Å². The summed E-state index contributed by atoms with van der Waals surface area (Å²) in [6.07, 6.45) is 7.59. The van der Waals surface area contributed by atoms with Gasteiger partial charge in [-0.2, -0.15) is 0 Å². The van der Waals surface area contributed by atoms with Crippen molar-refractivity contribution in [2.24, 2.45) is 5.41 Å². The molecular weight excluding hydrogens is 741 g/mol. The number of nitrogens with zero attached hydrogens (tertiary/aromatic N) is 4. The summed E-state index contributed by atoms with van der Waals surface area (Å²) in [6, 6.07) is 14.0. The van der Waals surface area contributed by atoms with Gasteiger partial charge in [0.25, 0.3) is 0 Å². The lowest BCUT2D eigenvalue weighted by atomic mass is 9.74. The van der Waals surface area contributed by atoms with Gasteiger partial charge < -0.3 is 29.1 Å². The highest BCUT2D eigenvalue weighted by Crippen LogP contribution is 2.50. The lowest BCUT2D eigenvalue weighted by Gasteiger charge is -2.47. The number of nitrogens with one attached hydrogen (secondary N) is 2. The molecule has 0 spiro atoms. The van der Waals surface area contributed by atoms with Crippen LogP contribution in [-0.4, -0.2) is 85.5 Å². The topological polar surface area (TPSA) is 126 Å². The molecular formula is C48H60N6O5. The highest BCUT2D eigenvalue weighted by Gasteiger charge is 2.53. The summed E-state index contributed by atoms with van der Waals surface area (Å²) in [5.74, 6) is 8.18. The van der Waals surface area contributed by atoms with Crippen molar-refractivity contribution in [3.05, 3.63) is 95.2 Å². The van der Waals surface area contributed by atoms with Crippen LogP contribution in [0.5, 0.6) is 0 Å². The van der Waals surface area contributed by atoms with E-state index in [1.54, 1.807) is 4.90 Å². The van der Waals surface area contributed by atoms with Crippen molar-refractivity contribution in [3.8, 4) is 23.1 Å². The van der Waals surface area contributed by atoms with Gasteiger partial charge in [-0.25, -0.2) is 19.6 Å². The number of imidazole rings is 2. The van der Waals surface area contributed by atoms with Gasteiger partial charge in [-0.3, -0.25) is 4.90 Å². The summed E-state index contributed by atoms with van der Waals surface area (Å²) in [4.78, 5) is 47.7. The first-order valence-corrected chi connectivity index (χ1v) is 21.0. The quantitative estimate of drug-likeness (QED) is 0.103. The number of fused-ring (bicyclic) bond motifs is 1. The lowest BCUT2D eigenvalue weighted by Crippen LogP contribution is -2.55. The number of piperidine rings is 1. The fourth-order valence-electron chi connectivity index (χ4n) is 8.54. The molecule has 59 heavy (non-hydrogen) atoms. The fraction of sp³-hybridized carbons (Fsp3) is 0.500. The van der Waals surface area contributed by atoms with Crippen LogP contribution in [-0.2, 0) is 19.7 Å². The van der Waals surface area contributed by atoms with Crippen molar-refractivity contribution in [1.82, 2.24) is 29.7 Å². The number of carbonyl (C=O) groups is 2. The largest absolute Gasteiger partial charge is 0.444 e. The smallest absolute Gasteiger partial charge is 0.411 e. The van der Waals surface area contributed by atoms with Crippen LogP contribution in [0.4, 0.5) is 9.59 Å². The molecule has 312 valence electrons. The minimum atomic E-state index is -0.739. The number of likely N-dealkylation sites (tertiary alicyclic amines) is 2. The molecule has 2 fully saturated rings. The van der Waals surface area contributed by atoms with Gasteiger partial charge in [-0.15, -0.1) is 0 Å². The van der Waals surface area contributed by atoms with Crippen molar-refractivity contribution in [2.75, 3.05) is 26.3 Å². The number of H-pyrrole nitrogens is 2. The third-order valence-corrected chi connectivity index (χ3v) is 11.4. The summed E-state index contributed by atoms with van der Waals surface area (Å²) < 4.78 is 17.8. The van der Waals surface area contributed by atoms with Crippen molar-refractivity contribution in [3.63, 3.8) is 0 Å². The molecule has 11 heteroatoms. The summed E-state index contributed by atoms with van der Waals surface area (Å²) >= 11 is 0. The molecule has 3 aliphatic rings. The van der Waals surface area contributed by atoms with Gasteiger partial charge in [0, 0.05) is 54.6 Å². The number of ether oxygens (including phenoxy) is 3. The predicted octanol–water partition coefficient (Wildman–Crippen LogP) is 10.0. The van der Waals surface area contributed by atoms with Gasteiger partial charge in [0.1, 0.15) is 28.4 Å². The molecule has 4 heterocycles. The lowest BCUT2D eigenvalue weighted by molar-refractivity contribution is -0.0400. The van der Waals surface area contributed by atoms with E-state index in [0.29, 0.717) is 32.7 Å². The molecule has 2 saturated heterocycles. The number of rotatable bonds is 8. The molecule has 7 rings (SSSR count). The zero-order valence-corrected chi connectivity index (χ0v) is 36.3. The van der Waals surface area contributed by atoms with Gasteiger partial charge in [-0.1, -0.05) is 56.0 Å². The second-order valence-electron chi connectivity index (χ2n) is 19.0. The van der Waals surface area contributed by atoms with E-state index in [4.69, 9.17) is 24.2 Å². The van der Waals surface area contributed by atoms with Crippen LogP contribution >= 0.6 is 0 Å². The van der Waals surface area contributed by atoms with E-state index >= 15 is 0 Å². The SMILES string of the molecule is C=C1CN(C(=O)OC(C)(C)C)C(C2=CCC2)(c2ncc(-c3ccc(C#Cc4ccc5nc(C6CC(C)(COCCC)CN(C(=O)OC(C)(C)C)C6C)[nH]c5c4)cc3)[nH]2)C1. The highest BCUT2D eigenvalue weighted by molar-refractivity contribution is 5.77. The van der Waals surface area contributed by atoms with Gasteiger partial charge in [0.2, 0.25) is 0 Å². The summed E-state index contributed by atoms with van der Waals surface area (Å²) in [5.41, 5.74) is 5.23. The Bertz CT molecular complexity index is 2310. The Morgan fingerprint density at radius 3 is 2.32 bits per heavy atom. The van der Waals surface area contributed by atoms with E-state index in [0.717, 1.165) is 76.3 Å². The Hall–Kier alpha value is -5.34. The van der Waals surface area contributed by atoms with E-state index in [1.165, 1.54) is 5.57 Å². The van der Waals surface area contributed by atoms with Gasteiger partial charge in [0.15, 0.2) is 0 Å². The Labute approximate surface area is 349 Å². The first-order chi connectivity index (χ1) is 27.9. The summed E-state index contributed by atoms with van der Waals surface area (Å²) in [6.45, 7) is 24.2. The number of hydrogen-bond donors (Lipinski definition) is 2. The van der Waals surface area contributed by atoms with Gasteiger partial charge in [0.05, 0.1) is 29.5 Å². The Balaban J connectivity index is 1.09. The van der Waals surface area contributed by atoms with E-state index in [2.05, 4.69) is 55.2 Å². The minimum absolute atomic E-state index is 0.0414. The number of aromatic amines is 2. The number of carbonyl (C=O) groups excluding carboxylic acids is 2. The summed E-state index contributed by atoms with van der Waals surface area (Å²) in [5, 5.41) is 0. The average Bonchev–Trinajstić information content (AvgIpc) is 3.88. The van der Waals surface area contributed by atoms with Crippen LogP contribution < -0.4 is 0 Å². The number of amides is 2. The Morgan fingerprint density at radius 1 is 0.983 bits per heavy atom. The summed E-state index contributed by atoms with van der Waals surface area (Å²) in [7, 11) is 0. The fourth-order valence-corrected chi connectivity index (χ4v) is 8.54. The molecule has 2 amide bonds. The number of allylic oxidation sites excluding steroid dienone is 1. The molecule has 2 N–H and O–H groups in total. The van der Waals surface area contributed by atoms with Crippen molar-refractivity contribution >= 4 is 23.2 Å². The monoisotopic (exact) mass is 800 g/mol. The molecule has 2 aromatic heterocycles. The third kappa shape index (κ3) is 8.98. The van der Waals surface area contributed by atoms with Crippen LogP contribution in [0.15, 0.2) is 72.5 Å². The second kappa shape index (κ2) is 16.0. The molecule has 11 nitrogen and oxygen atoms in total. The third-order valence-electron chi connectivity index (χ3n) is 11.4. The number of aromatic nitrogens is 4. The molecule has 0 bridgehead atoms. The van der Waals surface area contributed by atoms with Gasteiger partial charge in [-0.05, 0) is 116 Å². The molecule has 4 unspecified atom stereocenters. The van der Waals surface area contributed by atoms with Crippen LogP contribution in [0.2, 0.25) is 0 Å². The van der Waals surface area contributed by atoms with Crippen LogP contribution in [0, 0.1) is 17.3 Å². The normalized spacial score (nSPS) is 23.4. The predicted molar refractivity (Wildman–Crippen MR) is 231 cm³/mol. The average molecular weight is 801 g/mol. The standard InChI is InChI=1S/C48H60N6O5/c1-11-23-57-30-47(10)26-37(32(3)53(29-47)43(55)58-45(4,5)6)41-50-38-22-19-34(24-39(38)51-41)16-15-33-17-20-35(21-18-33)40-27-49-42(52-40)48(36-13-12-14-36)25-31(2)28-54(48)44(56)59-46(7,8)9/h13,17-22,24,27,32,37H,2,11-12,14,23,25-26,28-30H2,1,3-10H3,(H,49,52)(H,50,51). The highest BCUT2D eigenvalue weighted by atomic mass is 16.6. The van der Waals surface area contributed by atoms with E-state index in [9.17, 15) is 9.59 Å². The number of benzene rings is 2. The molecule has 2 aliphatic heterocycles.